The van der Waals surface area contributed by atoms with E-state index in [9.17, 15) is 22.8 Å². The summed E-state index contributed by atoms with van der Waals surface area (Å²) in [7, 11) is 0. The molecule has 0 atom stereocenters. The van der Waals surface area contributed by atoms with Crippen LogP contribution in [0.3, 0.4) is 0 Å². The van der Waals surface area contributed by atoms with Crippen molar-refractivity contribution in [3.05, 3.63) is 39.9 Å². The molecule has 1 aromatic rings. The van der Waals surface area contributed by atoms with E-state index in [-0.39, 0.29) is 21.9 Å². The smallest absolute Gasteiger partial charge is 0.416 e. The van der Waals surface area contributed by atoms with Gasteiger partial charge in [0, 0.05) is 11.1 Å². The molecule has 1 aromatic carbocycles. The van der Waals surface area contributed by atoms with E-state index in [1.54, 1.807) is 0 Å². The van der Waals surface area contributed by atoms with Crippen LogP contribution in [0, 0.1) is 0 Å². The summed E-state index contributed by atoms with van der Waals surface area (Å²) in [6.45, 7) is 2.53. The van der Waals surface area contributed by atoms with E-state index in [0.29, 0.717) is 6.07 Å². The normalized spacial score (nSPS) is 12.7. The van der Waals surface area contributed by atoms with Crippen LogP contribution in [0.25, 0.3) is 0 Å². The van der Waals surface area contributed by atoms with Gasteiger partial charge >= 0.3 is 12.1 Å². The van der Waals surface area contributed by atoms with Gasteiger partial charge in [-0.25, -0.2) is 4.79 Å². The molecule has 0 unspecified atom stereocenters. The van der Waals surface area contributed by atoms with Crippen molar-refractivity contribution in [1.29, 1.82) is 0 Å². The Morgan fingerprint density at radius 1 is 1.19 bits per heavy atom. The van der Waals surface area contributed by atoms with E-state index >= 15 is 0 Å². The van der Waals surface area contributed by atoms with Crippen molar-refractivity contribution in [2.75, 3.05) is 5.32 Å². The second kappa shape index (κ2) is 6.17. The number of anilines is 1. The lowest BCUT2D eigenvalue weighted by molar-refractivity contribution is -0.137. The molecule has 0 spiro atoms. The summed E-state index contributed by atoms with van der Waals surface area (Å²) in [6, 6.07) is 2.46. The Hall–Kier alpha value is -2.02. The lowest BCUT2D eigenvalue weighted by Gasteiger charge is -2.11. The van der Waals surface area contributed by atoms with Crippen LogP contribution < -0.4 is 5.32 Å². The molecule has 0 heterocycles. The maximum absolute atomic E-state index is 12.5. The van der Waals surface area contributed by atoms with Gasteiger partial charge < -0.3 is 10.4 Å². The van der Waals surface area contributed by atoms with Crippen LogP contribution in [0.4, 0.5) is 18.9 Å². The van der Waals surface area contributed by atoms with Gasteiger partial charge in [0.15, 0.2) is 0 Å². The minimum Gasteiger partial charge on any atom is -0.478 e. The first-order valence-corrected chi connectivity index (χ1v) is 6.00. The van der Waals surface area contributed by atoms with Crippen LogP contribution in [-0.2, 0) is 15.8 Å². The first-order chi connectivity index (χ1) is 9.54. The molecule has 0 aliphatic heterocycles. The fourth-order valence-electron chi connectivity index (χ4n) is 1.34. The summed E-state index contributed by atoms with van der Waals surface area (Å²) in [6.07, 6.45) is -4.54. The monoisotopic (exact) mass is 321 g/mol. The standard InChI is InChI=1S/C13H11ClF3NO3/c1-6(7(2)12(20)21)11(19)18-10-4-3-8(5-9(10)14)13(15,16)17/h3-5H,1-2H3,(H,18,19)(H,20,21). The summed E-state index contributed by atoms with van der Waals surface area (Å²) in [5, 5.41) is 10.7. The molecule has 0 aliphatic rings. The Balaban J connectivity index is 3.03. The molecule has 0 aliphatic carbocycles. The van der Waals surface area contributed by atoms with Crippen molar-refractivity contribution in [2.24, 2.45) is 0 Å². The Morgan fingerprint density at radius 2 is 1.76 bits per heavy atom. The first-order valence-electron chi connectivity index (χ1n) is 5.63. The average Bonchev–Trinajstić information content (AvgIpc) is 2.37. The van der Waals surface area contributed by atoms with E-state index < -0.39 is 23.6 Å². The minimum absolute atomic E-state index is 0.0350. The first kappa shape index (κ1) is 17.0. The van der Waals surface area contributed by atoms with Gasteiger partial charge in [0.2, 0.25) is 0 Å². The van der Waals surface area contributed by atoms with Gasteiger partial charge in [-0.3, -0.25) is 4.79 Å². The maximum Gasteiger partial charge on any atom is 0.416 e. The number of aliphatic carboxylic acids is 1. The number of carboxylic acid groups (broad SMARTS) is 1. The summed E-state index contributed by atoms with van der Waals surface area (Å²) < 4.78 is 37.4. The van der Waals surface area contributed by atoms with E-state index in [0.717, 1.165) is 12.1 Å². The Labute approximate surface area is 123 Å². The molecule has 4 nitrogen and oxygen atoms in total. The van der Waals surface area contributed by atoms with Crippen LogP contribution in [0.2, 0.25) is 5.02 Å². The number of rotatable bonds is 3. The average molecular weight is 322 g/mol. The number of hydrogen-bond donors (Lipinski definition) is 2. The molecule has 0 radical (unpaired) electrons. The topological polar surface area (TPSA) is 66.4 Å². The molecule has 0 saturated heterocycles. The zero-order valence-electron chi connectivity index (χ0n) is 11.0. The van der Waals surface area contributed by atoms with Crippen LogP contribution in [0.5, 0.6) is 0 Å². The highest BCUT2D eigenvalue weighted by Gasteiger charge is 2.31. The van der Waals surface area contributed by atoms with Crippen LogP contribution >= 0.6 is 11.6 Å². The van der Waals surface area contributed by atoms with Crippen molar-refractivity contribution in [3.8, 4) is 0 Å². The number of amides is 1. The predicted molar refractivity (Wildman–Crippen MR) is 71.1 cm³/mol. The highest BCUT2D eigenvalue weighted by atomic mass is 35.5. The number of carbonyl (C=O) groups excluding carboxylic acids is 1. The molecule has 0 bridgehead atoms. The van der Waals surface area contributed by atoms with Gasteiger partial charge in [-0.2, -0.15) is 13.2 Å². The number of carbonyl (C=O) groups is 2. The fourth-order valence-corrected chi connectivity index (χ4v) is 1.57. The lowest BCUT2D eigenvalue weighted by atomic mass is 10.1. The van der Waals surface area contributed by atoms with Crippen LogP contribution in [0.15, 0.2) is 29.3 Å². The molecule has 0 saturated carbocycles. The number of alkyl halides is 3. The third-order valence-electron chi connectivity index (χ3n) is 2.77. The summed E-state index contributed by atoms with van der Waals surface area (Å²) in [5.74, 6) is -2.02. The van der Waals surface area contributed by atoms with Gasteiger partial charge in [0.05, 0.1) is 16.3 Å². The van der Waals surface area contributed by atoms with Gasteiger partial charge in [0.1, 0.15) is 0 Å². The zero-order valence-corrected chi connectivity index (χ0v) is 11.8. The fraction of sp³-hybridized carbons (Fsp3) is 0.231. The lowest BCUT2D eigenvalue weighted by Crippen LogP contribution is -2.16. The predicted octanol–water partition coefficient (Wildman–Crippen LogP) is 3.72. The van der Waals surface area contributed by atoms with Gasteiger partial charge in [-0.05, 0) is 32.0 Å². The molecular formula is C13H11ClF3NO3. The zero-order chi connectivity index (χ0) is 16.4. The molecule has 0 aromatic heterocycles. The highest BCUT2D eigenvalue weighted by Crippen LogP contribution is 2.33. The number of halogens is 4. The summed E-state index contributed by atoms with van der Waals surface area (Å²) in [5.41, 5.74) is -1.22. The van der Waals surface area contributed by atoms with Crippen LogP contribution in [0.1, 0.15) is 19.4 Å². The maximum atomic E-state index is 12.5. The van der Waals surface area contributed by atoms with E-state index in [1.165, 1.54) is 13.8 Å². The number of carboxylic acids is 1. The molecular weight excluding hydrogens is 311 g/mol. The third-order valence-corrected chi connectivity index (χ3v) is 3.08. The molecule has 1 rings (SSSR count). The molecule has 1 amide bonds. The van der Waals surface area contributed by atoms with Crippen LogP contribution in [-0.4, -0.2) is 17.0 Å². The van der Waals surface area contributed by atoms with Crippen molar-refractivity contribution in [2.45, 2.75) is 20.0 Å². The molecule has 21 heavy (non-hydrogen) atoms. The second-order valence-electron chi connectivity index (χ2n) is 4.20. The van der Waals surface area contributed by atoms with Crippen molar-refractivity contribution in [3.63, 3.8) is 0 Å². The van der Waals surface area contributed by atoms with Gasteiger partial charge in [-0.15, -0.1) is 0 Å². The molecule has 114 valence electrons. The van der Waals surface area contributed by atoms with E-state index in [2.05, 4.69) is 5.32 Å². The van der Waals surface area contributed by atoms with Gasteiger partial charge in [-0.1, -0.05) is 11.6 Å². The highest BCUT2D eigenvalue weighted by molar-refractivity contribution is 6.34. The number of nitrogens with one attached hydrogen (secondary N) is 1. The third kappa shape index (κ3) is 4.22. The van der Waals surface area contributed by atoms with Crippen molar-refractivity contribution >= 4 is 29.2 Å². The number of benzene rings is 1. The van der Waals surface area contributed by atoms with Crippen molar-refractivity contribution in [1.82, 2.24) is 0 Å². The Morgan fingerprint density at radius 3 is 2.19 bits per heavy atom. The quantitative estimate of drug-likeness (QED) is 0.834. The van der Waals surface area contributed by atoms with Crippen molar-refractivity contribution < 1.29 is 27.9 Å². The summed E-state index contributed by atoms with van der Waals surface area (Å²) in [4.78, 5) is 22.5. The Bertz CT molecular complexity index is 624. The molecule has 2 N–H and O–H groups in total. The number of hydrogen-bond acceptors (Lipinski definition) is 2. The molecule has 0 fully saturated rings. The largest absolute Gasteiger partial charge is 0.478 e. The minimum atomic E-state index is -4.54. The van der Waals surface area contributed by atoms with Gasteiger partial charge in [0.25, 0.3) is 5.91 Å². The van der Waals surface area contributed by atoms with E-state index in [4.69, 9.17) is 16.7 Å². The molecule has 8 heteroatoms. The summed E-state index contributed by atoms with van der Waals surface area (Å²) >= 11 is 5.68. The van der Waals surface area contributed by atoms with E-state index in [1.807, 2.05) is 0 Å². The Kier molecular flexibility index (Phi) is 5.01. The SMILES string of the molecule is CC(C(=O)O)=C(C)C(=O)Nc1ccc(C(F)(F)F)cc1Cl. The second-order valence-corrected chi connectivity index (χ2v) is 4.61.